The van der Waals surface area contributed by atoms with Crippen LogP contribution in [0.1, 0.15) is 22.0 Å². The number of fused-ring (bicyclic) bond motifs is 1. The van der Waals surface area contributed by atoms with Crippen LogP contribution in [-0.2, 0) is 0 Å². The molecule has 7 nitrogen and oxygen atoms in total. The summed E-state index contributed by atoms with van der Waals surface area (Å²) in [7, 11) is 4.81. The molecule has 0 saturated heterocycles. The molecule has 3 aromatic rings. The molecule has 0 N–H and O–H groups in total. The Balaban J connectivity index is 1.63. The minimum absolute atomic E-state index is 0.0623. The van der Waals surface area contributed by atoms with Crippen molar-refractivity contribution in [2.75, 3.05) is 21.3 Å². The van der Waals surface area contributed by atoms with Gasteiger partial charge in [-0.2, -0.15) is 4.68 Å². The molecule has 1 aliphatic rings. The van der Waals surface area contributed by atoms with E-state index in [-0.39, 0.29) is 11.2 Å². The third kappa shape index (κ3) is 3.31. The lowest BCUT2D eigenvalue weighted by Gasteiger charge is -2.21. The molecule has 144 valence electrons. The predicted octanol–water partition coefficient (Wildman–Crippen LogP) is 3.85. The first kappa shape index (κ1) is 18.4. The number of methoxy groups -OCH3 is 3. The molecular weight excluding hydrogens is 378 g/mol. The van der Waals surface area contributed by atoms with E-state index in [1.807, 2.05) is 42.5 Å². The van der Waals surface area contributed by atoms with E-state index >= 15 is 0 Å². The first-order chi connectivity index (χ1) is 13.6. The number of carbonyl (C=O) groups is 1. The lowest BCUT2D eigenvalue weighted by Crippen LogP contribution is -2.21. The standard InChI is InChI=1S/C20H19N3O4S/c1-25-14-7-4-12(5-8-14)19-21-20-23(22-19)18(24)11-17(28-20)13-6-9-15(26-2)16(10-13)27-3/h4-10,17H,11H2,1-3H3/t17-/m0/s1. The molecule has 28 heavy (non-hydrogen) atoms. The minimum Gasteiger partial charge on any atom is -0.497 e. The molecule has 1 aliphatic heterocycles. The molecule has 0 radical (unpaired) electrons. The lowest BCUT2D eigenvalue weighted by molar-refractivity contribution is 0.0868. The Bertz CT molecular complexity index is 1020. The number of hydrogen-bond donors (Lipinski definition) is 0. The molecule has 0 unspecified atom stereocenters. The van der Waals surface area contributed by atoms with Gasteiger partial charge in [-0.05, 0) is 42.0 Å². The van der Waals surface area contributed by atoms with Crippen molar-refractivity contribution in [2.24, 2.45) is 0 Å². The zero-order valence-electron chi connectivity index (χ0n) is 15.7. The number of ether oxygens (including phenoxy) is 3. The second-order valence-corrected chi connectivity index (χ2v) is 7.35. The highest BCUT2D eigenvalue weighted by Crippen LogP contribution is 2.43. The zero-order valence-corrected chi connectivity index (χ0v) is 16.5. The number of thioether (sulfide) groups is 1. The molecule has 2 aromatic carbocycles. The Morgan fingerprint density at radius 2 is 1.75 bits per heavy atom. The van der Waals surface area contributed by atoms with Gasteiger partial charge in [0, 0.05) is 17.2 Å². The van der Waals surface area contributed by atoms with Crippen molar-refractivity contribution < 1.29 is 19.0 Å². The maximum atomic E-state index is 12.7. The maximum Gasteiger partial charge on any atom is 0.250 e. The normalized spacial score (nSPS) is 15.8. The van der Waals surface area contributed by atoms with Crippen LogP contribution < -0.4 is 14.2 Å². The Morgan fingerprint density at radius 1 is 1.00 bits per heavy atom. The third-order valence-electron chi connectivity index (χ3n) is 4.55. The molecule has 2 heterocycles. The van der Waals surface area contributed by atoms with Crippen LogP contribution in [0.25, 0.3) is 11.4 Å². The number of hydrogen-bond acceptors (Lipinski definition) is 7. The highest BCUT2D eigenvalue weighted by Gasteiger charge is 2.30. The molecule has 0 saturated carbocycles. The monoisotopic (exact) mass is 397 g/mol. The second kappa shape index (κ2) is 7.55. The van der Waals surface area contributed by atoms with E-state index in [2.05, 4.69) is 10.1 Å². The SMILES string of the molecule is COc1ccc(-c2nc3n(n2)C(=O)C[C@@H](c2ccc(OC)c(OC)c2)S3)cc1. The van der Waals surface area contributed by atoms with Crippen LogP contribution in [0.3, 0.4) is 0 Å². The van der Waals surface area contributed by atoms with Crippen molar-refractivity contribution in [3.05, 3.63) is 48.0 Å². The van der Waals surface area contributed by atoms with Crippen molar-refractivity contribution in [1.82, 2.24) is 14.8 Å². The van der Waals surface area contributed by atoms with Crippen molar-refractivity contribution in [3.8, 4) is 28.6 Å². The molecule has 1 atom stereocenters. The van der Waals surface area contributed by atoms with Gasteiger partial charge in [-0.1, -0.05) is 17.8 Å². The average molecular weight is 397 g/mol. The molecule has 0 aliphatic carbocycles. The van der Waals surface area contributed by atoms with Gasteiger partial charge in [-0.15, -0.1) is 5.10 Å². The molecule has 0 bridgehead atoms. The first-order valence-electron chi connectivity index (χ1n) is 8.66. The quantitative estimate of drug-likeness (QED) is 0.647. The summed E-state index contributed by atoms with van der Waals surface area (Å²) in [5, 5.41) is 4.92. The lowest BCUT2D eigenvalue weighted by atomic mass is 10.1. The van der Waals surface area contributed by atoms with Gasteiger partial charge in [0.05, 0.1) is 21.3 Å². The number of nitrogens with zero attached hydrogens (tertiary/aromatic N) is 3. The fourth-order valence-corrected chi connectivity index (χ4v) is 4.20. The summed E-state index contributed by atoms with van der Waals surface area (Å²) in [5.74, 6) is 2.49. The molecule has 0 spiro atoms. The largest absolute Gasteiger partial charge is 0.497 e. The number of rotatable bonds is 5. The maximum absolute atomic E-state index is 12.7. The van der Waals surface area contributed by atoms with E-state index in [1.54, 1.807) is 21.3 Å². The summed E-state index contributed by atoms with van der Waals surface area (Å²) in [6.45, 7) is 0. The van der Waals surface area contributed by atoms with E-state index in [0.29, 0.717) is 28.9 Å². The Hall–Kier alpha value is -3.00. The van der Waals surface area contributed by atoms with Crippen molar-refractivity contribution >= 4 is 17.7 Å². The average Bonchev–Trinajstić information content (AvgIpc) is 3.18. The Labute approximate surface area is 166 Å². The van der Waals surface area contributed by atoms with Gasteiger partial charge < -0.3 is 14.2 Å². The molecule has 0 fully saturated rings. The van der Waals surface area contributed by atoms with Crippen LogP contribution in [0.5, 0.6) is 17.2 Å². The fraction of sp³-hybridized carbons (Fsp3) is 0.250. The van der Waals surface area contributed by atoms with Crippen LogP contribution in [-0.4, -0.2) is 42.0 Å². The van der Waals surface area contributed by atoms with Crippen molar-refractivity contribution in [1.29, 1.82) is 0 Å². The van der Waals surface area contributed by atoms with E-state index in [1.165, 1.54) is 16.4 Å². The van der Waals surface area contributed by atoms with E-state index in [9.17, 15) is 4.79 Å². The second-order valence-electron chi connectivity index (χ2n) is 6.18. The van der Waals surface area contributed by atoms with Crippen molar-refractivity contribution in [3.63, 3.8) is 0 Å². The van der Waals surface area contributed by atoms with Crippen LogP contribution in [0.2, 0.25) is 0 Å². The summed E-state index contributed by atoms with van der Waals surface area (Å²) >= 11 is 1.52. The summed E-state index contributed by atoms with van der Waals surface area (Å²) < 4.78 is 17.2. The Morgan fingerprint density at radius 3 is 2.43 bits per heavy atom. The van der Waals surface area contributed by atoms with Crippen LogP contribution >= 0.6 is 11.8 Å². The van der Waals surface area contributed by atoms with Gasteiger partial charge >= 0.3 is 0 Å². The van der Waals surface area contributed by atoms with Gasteiger partial charge in [0.15, 0.2) is 22.5 Å². The van der Waals surface area contributed by atoms with E-state index < -0.39 is 0 Å². The van der Waals surface area contributed by atoms with Crippen molar-refractivity contribution in [2.45, 2.75) is 16.8 Å². The van der Waals surface area contributed by atoms with Gasteiger partial charge in [0.1, 0.15) is 5.75 Å². The number of benzene rings is 2. The van der Waals surface area contributed by atoms with Gasteiger partial charge in [0.25, 0.3) is 5.91 Å². The molecule has 4 rings (SSSR count). The topological polar surface area (TPSA) is 75.5 Å². The van der Waals surface area contributed by atoms with Gasteiger partial charge in [0.2, 0.25) is 0 Å². The third-order valence-corrected chi connectivity index (χ3v) is 5.75. The summed E-state index contributed by atoms with van der Waals surface area (Å²) in [6.07, 6.45) is 0.332. The van der Waals surface area contributed by atoms with Gasteiger partial charge in [-0.3, -0.25) is 4.79 Å². The molecule has 0 amide bonds. The minimum atomic E-state index is -0.0826. The molecule has 1 aromatic heterocycles. The number of aromatic nitrogens is 3. The Kier molecular flexibility index (Phi) is 4.95. The summed E-state index contributed by atoms with van der Waals surface area (Å²) in [4.78, 5) is 17.2. The highest BCUT2D eigenvalue weighted by atomic mass is 32.2. The zero-order chi connectivity index (χ0) is 19.7. The van der Waals surface area contributed by atoms with Gasteiger partial charge in [-0.25, -0.2) is 4.98 Å². The smallest absolute Gasteiger partial charge is 0.250 e. The van der Waals surface area contributed by atoms with E-state index in [0.717, 1.165) is 16.9 Å². The first-order valence-corrected chi connectivity index (χ1v) is 9.54. The molecule has 8 heteroatoms. The molecular formula is C20H19N3O4S. The van der Waals surface area contributed by atoms with Crippen LogP contribution in [0.15, 0.2) is 47.6 Å². The predicted molar refractivity (Wildman–Crippen MR) is 105 cm³/mol. The summed E-state index contributed by atoms with van der Waals surface area (Å²) in [5.41, 5.74) is 1.81. The van der Waals surface area contributed by atoms with Crippen LogP contribution in [0.4, 0.5) is 0 Å². The fourth-order valence-electron chi connectivity index (χ4n) is 3.05. The summed E-state index contributed by atoms with van der Waals surface area (Å²) in [6, 6.07) is 13.1. The van der Waals surface area contributed by atoms with Crippen LogP contribution in [0, 0.1) is 0 Å². The number of carbonyl (C=O) groups excluding carboxylic acids is 1. The van der Waals surface area contributed by atoms with E-state index in [4.69, 9.17) is 14.2 Å². The highest BCUT2D eigenvalue weighted by molar-refractivity contribution is 7.99.